The van der Waals surface area contributed by atoms with Gasteiger partial charge in [-0.05, 0) is 61.7 Å². The van der Waals surface area contributed by atoms with Crippen molar-refractivity contribution in [2.75, 3.05) is 5.32 Å². The molecule has 2 N–H and O–H groups in total. The summed E-state index contributed by atoms with van der Waals surface area (Å²) in [5.41, 5.74) is 5.82. The molecule has 4 rings (SSSR count). The fourth-order valence-corrected chi connectivity index (χ4v) is 4.29. The number of halogens is 2. The second-order valence-electron chi connectivity index (χ2n) is 8.74. The van der Waals surface area contributed by atoms with Gasteiger partial charge in [0, 0.05) is 34.5 Å². The molecule has 5 nitrogen and oxygen atoms in total. The summed E-state index contributed by atoms with van der Waals surface area (Å²) < 4.78 is 28.2. The summed E-state index contributed by atoms with van der Waals surface area (Å²) in [6.07, 6.45) is -0.333. The number of nitrogens with zero attached hydrogens (tertiary/aromatic N) is 2. The van der Waals surface area contributed by atoms with E-state index in [9.17, 15) is 18.8 Å². The van der Waals surface area contributed by atoms with Crippen LogP contribution in [0.5, 0.6) is 0 Å². The number of aryl methyl sites for hydroxylation is 2. The number of H-pyrrole nitrogens is 1. The summed E-state index contributed by atoms with van der Waals surface area (Å²) in [6.45, 7) is 7.06. The fourth-order valence-electron chi connectivity index (χ4n) is 4.29. The Morgan fingerprint density at radius 1 is 1.06 bits per heavy atom. The van der Waals surface area contributed by atoms with Gasteiger partial charge < -0.3 is 10.3 Å². The van der Waals surface area contributed by atoms with Crippen LogP contribution in [-0.4, -0.2) is 15.9 Å². The summed E-state index contributed by atoms with van der Waals surface area (Å²) in [4.78, 5) is 20.7. The van der Waals surface area contributed by atoms with Gasteiger partial charge in [0.05, 0.1) is 11.6 Å². The largest absolute Gasteiger partial charge is 0.341 e. The van der Waals surface area contributed by atoms with Gasteiger partial charge in [-0.1, -0.05) is 43.3 Å². The van der Waals surface area contributed by atoms with Crippen molar-refractivity contribution >= 4 is 11.6 Å². The van der Waals surface area contributed by atoms with Crippen molar-refractivity contribution in [1.82, 2.24) is 9.97 Å². The van der Waals surface area contributed by atoms with Crippen molar-refractivity contribution < 1.29 is 13.6 Å². The van der Waals surface area contributed by atoms with Crippen molar-refractivity contribution in [3.8, 4) is 28.6 Å². The summed E-state index contributed by atoms with van der Waals surface area (Å²) >= 11 is 0. The average Bonchev–Trinajstić information content (AvgIpc) is 3.25. The Labute approximate surface area is 208 Å². The van der Waals surface area contributed by atoms with Crippen LogP contribution in [-0.2, 0) is 5.92 Å². The van der Waals surface area contributed by atoms with Crippen LogP contribution >= 0.6 is 0 Å². The third kappa shape index (κ3) is 4.63. The summed E-state index contributed by atoms with van der Waals surface area (Å²) in [7, 11) is 0. The topological polar surface area (TPSA) is 81.6 Å². The van der Waals surface area contributed by atoms with E-state index in [4.69, 9.17) is 0 Å². The number of nitrogens with one attached hydrogen (secondary N) is 2. The standard InChI is InChI=1S/C29H26F2N4O/c1-5-29(30,31)21-10-8-11-22(15-21)34-28(36)26-19(4)33-27(35-26)24-14-13-20(16-32)25(18(24)3)23-12-7-6-9-17(23)2/h6-15H,5H2,1-4H3,(H,33,35)(H,34,36). The van der Waals surface area contributed by atoms with E-state index in [1.54, 1.807) is 19.1 Å². The molecule has 0 aliphatic carbocycles. The minimum Gasteiger partial charge on any atom is -0.341 e. The molecule has 0 spiro atoms. The molecule has 0 radical (unpaired) electrons. The summed E-state index contributed by atoms with van der Waals surface area (Å²) in [5, 5.41) is 12.4. The molecule has 3 aromatic carbocycles. The molecule has 182 valence electrons. The van der Waals surface area contributed by atoms with Crippen molar-refractivity contribution in [2.45, 2.75) is 40.0 Å². The highest BCUT2D eigenvalue weighted by atomic mass is 19.3. The molecular weight excluding hydrogens is 458 g/mol. The molecule has 0 unspecified atom stereocenters. The minimum atomic E-state index is -2.97. The number of hydrogen-bond donors (Lipinski definition) is 2. The van der Waals surface area contributed by atoms with Crippen LogP contribution in [0.1, 0.15) is 51.8 Å². The Kier molecular flexibility index (Phi) is 6.71. The van der Waals surface area contributed by atoms with Crippen LogP contribution in [0.15, 0.2) is 60.7 Å². The van der Waals surface area contributed by atoms with Gasteiger partial charge in [0.2, 0.25) is 0 Å². The summed E-state index contributed by atoms with van der Waals surface area (Å²) in [6, 6.07) is 19.4. The number of imidazole rings is 1. The number of amides is 1. The van der Waals surface area contributed by atoms with Crippen LogP contribution in [0.4, 0.5) is 14.5 Å². The SMILES string of the molecule is CCC(F)(F)c1cccc(NC(=O)c2nc(-c3ccc(C#N)c(-c4ccccc4C)c3C)[nH]c2C)c1. The fraction of sp³-hybridized carbons (Fsp3) is 0.207. The smallest absolute Gasteiger partial charge is 0.276 e. The van der Waals surface area contributed by atoms with Crippen molar-refractivity contribution in [2.24, 2.45) is 0 Å². The van der Waals surface area contributed by atoms with Crippen LogP contribution < -0.4 is 5.32 Å². The molecule has 0 bridgehead atoms. The Morgan fingerprint density at radius 2 is 1.81 bits per heavy atom. The molecule has 0 saturated carbocycles. The lowest BCUT2D eigenvalue weighted by atomic mass is 9.89. The van der Waals surface area contributed by atoms with Gasteiger partial charge in [-0.15, -0.1) is 0 Å². The number of alkyl halides is 2. The first-order valence-electron chi connectivity index (χ1n) is 11.6. The number of aromatic amines is 1. The number of carbonyl (C=O) groups is 1. The van der Waals surface area contributed by atoms with Gasteiger partial charge in [0.25, 0.3) is 11.8 Å². The zero-order valence-electron chi connectivity index (χ0n) is 20.5. The molecule has 0 atom stereocenters. The zero-order chi connectivity index (χ0) is 26.0. The second-order valence-corrected chi connectivity index (χ2v) is 8.74. The maximum atomic E-state index is 14.1. The lowest BCUT2D eigenvalue weighted by molar-refractivity contribution is -0.00824. The van der Waals surface area contributed by atoms with Crippen LogP contribution in [0, 0.1) is 32.1 Å². The molecule has 7 heteroatoms. The highest BCUT2D eigenvalue weighted by Crippen LogP contribution is 2.36. The van der Waals surface area contributed by atoms with Gasteiger partial charge >= 0.3 is 0 Å². The maximum Gasteiger partial charge on any atom is 0.276 e. The van der Waals surface area contributed by atoms with Crippen molar-refractivity contribution in [1.29, 1.82) is 5.26 Å². The number of rotatable bonds is 6. The van der Waals surface area contributed by atoms with E-state index >= 15 is 0 Å². The molecule has 1 aromatic heterocycles. The lowest BCUT2D eigenvalue weighted by Crippen LogP contribution is -2.16. The van der Waals surface area contributed by atoms with Crippen LogP contribution in [0.2, 0.25) is 0 Å². The average molecular weight is 485 g/mol. The van der Waals surface area contributed by atoms with Crippen molar-refractivity contribution in [3.63, 3.8) is 0 Å². The highest BCUT2D eigenvalue weighted by molar-refractivity contribution is 6.04. The second kappa shape index (κ2) is 9.74. The Bertz CT molecular complexity index is 1500. The minimum absolute atomic E-state index is 0.154. The van der Waals surface area contributed by atoms with E-state index < -0.39 is 11.8 Å². The third-order valence-corrected chi connectivity index (χ3v) is 6.34. The number of anilines is 1. The van der Waals surface area contributed by atoms with E-state index in [1.807, 2.05) is 44.2 Å². The first kappa shape index (κ1) is 24.8. The predicted octanol–water partition coefficient (Wildman–Crippen LogP) is 7.29. The third-order valence-electron chi connectivity index (χ3n) is 6.34. The van der Waals surface area contributed by atoms with Gasteiger partial charge in [0.15, 0.2) is 0 Å². The molecule has 1 heterocycles. The van der Waals surface area contributed by atoms with Gasteiger partial charge in [-0.3, -0.25) is 4.79 Å². The van der Waals surface area contributed by atoms with E-state index in [1.165, 1.54) is 25.1 Å². The Hall–Kier alpha value is -4.31. The molecule has 1 amide bonds. The lowest BCUT2D eigenvalue weighted by Gasteiger charge is -2.15. The molecule has 36 heavy (non-hydrogen) atoms. The summed E-state index contributed by atoms with van der Waals surface area (Å²) in [5.74, 6) is -2.99. The van der Waals surface area contributed by atoms with Gasteiger partial charge in [-0.25, -0.2) is 13.8 Å². The van der Waals surface area contributed by atoms with E-state index in [2.05, 4.69) is 21.4 Å². The normalized spacial score (nSPS) is 11.2. The Morgan fingerprint density at radius 3 is 2.50 bits per heavy atom. The molecule has 0 aliphatic rings. The monoisotopic (exact) mass is 484 g/mol. The zero-order valence-corrected chi connectivity index (χ0v) is 20.5. The number of hydrogen-bond acceptors (Lipinski definition) is 3. The number of benzene rings is 3. The van der Waals surface area contributed by atoms with Gasteiger partial charge in [0.1, 0.15) is 11.5 Å². The molecule has 0 fully saturated rings. The molecular formula is C29H26F2N4O. The first-order chi connectivity index (χ1) is 17.2. The molecule has 0 aliphatic heterocycles. The van der Waals surface area contributed by atoms with Crippen LogP contribution in [0.3, 0.4) is 0 Å². The van der Waals surface area contributed by atoms with E-state index in [0.717, 1.165) is 27.8 Å². The quantitative estimate of drug-likeness (QED) is 0.301. The van der Waals surface area contributed by atoms with Crippen LogP contribution in [0.25, 0.3) is 22.5 Å². The van der Waals surface area contributed by atoms with Crippen molar-refractivity contribution in [3.05, 3.63) is 94.3 Å². The first-order valence-corrected chi connectivity index (χ1v) is 11.6. The maximum absolute atomic E-state index is 14.1. The van der Waals surface area contributed by atoms with Gasteiger partial charge in [-0.2, -0.15) is 5.26 Å². The molecule has 4 aromatic rings. The van der Waals surface area contributed by atoms with E-state index in [0.29, 0.717) is 17.1 Å². The number of carbonyl (C=O) groups excluding carboxylic acids is 1. The van der Waals surface area contributed by atoms with E-state index in [-0.39, 0.29) is 23.4 Å². The predicted molar refractivity (Wildman–Crippen MR) is 137 cm³/mol. The molecule has 0 saturated heterocycles. The Balaban J connectivity index is 1.70. The highest BCUT2D eigenvalue weighted by Gasteiger charge is 2.29. The number of nitriles is 1. The number of aromatic nitrogens is 2.